The van der Waals surface area contributed by atoms with Crippen molar-refractivity contribution in [1.29, 1.82) is 0 Å². The SMILES string of the molecule is CCNC(=O)c1nn(-c2cccc(Cl)c2)c2c1CCN(c1cccc(N3C(=O)CC4CC43)c1)C2=O. The summed E-state index contributed by atoms with van der Waals surface area (Å²) in [6.07, 6.45) is 2.12. The molecule has 0 spiro atoms. The van der Waals surface area contributed by atoms with Crippen LogP contribution in [0.25, 0.3) is 5.69 Å². The lowest BCUT2D eigenvalue weighted by Crippen LogP contribution is -2.39. The summed E-state index contributed by atoms with van der Waals surface area (Å²) < 4.78 is 1.52. The highest BCUT2D eigenvalue weighted by Gasteiger charge is 2.52. The molecule has 0 bridgehead atoms. The van der Waals surface area contributed by atoms with Crippen molar-refractivity contribution in [3.05, 3.63) is 70.5 Å². The first-order valence-electron chi connectivity index (χ1n) is 11.9. The number of nitrogens with one attached hydrogen (secondary N) is 1. The van der Waals surface area contributed by atoms with E-state index < -0.39 is 0 Å². The van der Waals surface area contributed by atoms with Gasteiger partial charge >= 0.3 is 0 Å². The maximum absolute atomic E-state index is 13.9. The highest BCUT2D eigenvalue weighted by Crippen LogP contribution is 2.47. The standard InChI is InChI=1S/C26H24ClN5O3/c1-2-28-25(34)23-20-9-10-30(26(35)24(20)32(29-23)19-8-3-5-16(27)13-19)17-6-4-7-18(14-17)31-21-11-15(21)12-22(31)33/h3-8,13-15,21H,2,9-12H2,1H3,(H,28,34). The molecule has 3 heterocycles. The van der Waals surface area contributed by atoms with Crippen molar-refractivity contribution in [3.63, 3.8) is 0 Å². The molecule has 6 rings (SSSR count). The number of benzene rings is 2. The summed E-state index contributed by atoms with van der Waals surface area (Å²) in [5.74, 6) is 0.0501. The van der Waals surface area contributed by atoms with Crippen LogP contribution in [0, 0.1) is 5.92 Å². The number of rotatable bonds is 5. The molecule has 178 valence electrons. The number of carbonyl (C=O) groups is 3. The number of hydrogen-bond acceptors (Lipinski definition) is 4. The fraction of sp³-hybridized carbons (Fsp3) is 0.308. The van der Waals surface area contributed by atoms with Crippen LogP contribution < -0.4 is 15.1 Å². The van der Waals surface area contributed by atoms with Crippen molar-refractivity contribution in [2.45, 2.75) is 32.2 Å². The average molecular weight is 490 g/mol. The number of hydrogen-bond donors (Lipinski definition) is 1. The van der Waals surface area contributed by atoms with E-state index >= 15 is 0 Å². The van der Waals surface area contributed by atoms with Crippen LogP contribution in [0.15, 0.2) is 48.5 Å². The summed E-state index contributed by atoms with van der Waals surface area (Å²) >= 11 is 6.22. The molecule has 2 aromatic carbocycles. The van der Waals surface area contributed by atoms with Gasteiger partial charge in [-0.05, 0) is 62.1 Å². The van der Waals surface area contributed by atoms with E-state index in [4.69, 9.17) is 11.6 Å². The predicted octanol–water partition coefficient (Wildman–Crippen LogP) is 3.60. The first-order valence-corrected chi connectivity index (χ1v) is 12.2. The van der Waals surface area contributed by atoms with Gasteiger partial charge in [-0.1, -0.05) is 23.7 Å². The highest BCUT2D eigenvalue weighted by molar-refractivity contribution is 6.30. The van der Waals surface area contributed by atoms with Gasteiger partial charge in [0.1, 0.15) is 5.69 Å². The number of halogens is 1. The molecule has 1 saturated carbocycles. The largest absolute Gasteiger partial charge is 0.351 e. The van der Waals surface area contributed by atoms with Crippen molar-refractivity contribution in [1.82, 2.24) is 15.1 Å². The molecule has 2 atom stereocenters. The van der Waals surface area contributed by atoms with Crippen molar-refractivity contribution in [2.24, 2.45) is 5.92 Å². The Kier molecular flexibility index (Phi) is 5.14. The number of nitrogens with zero attached hydrogens (tertiary/aromatic N) is 4. The number of anilines is 2. The van der Waals surface area contributed by atoms with E-state index in [0.29, 0.717) is 59.5 Å². The zero-order chi connectivity index (χ0) is 24.3. The molecular weight excluding hydrogens is 466 g/mol. The van der Waals surface area contributed by atoms with Crippen LogP contribution in [0.1, 0.15) is 46.3 Å². The van der Waals surface area contributed by atoms with Crippen LogP contribution in [-0.2, 0) is 11.2 Å². The number of amides is 3. The summed E-state index contributed by atoms with van der Waals surface area (Å²) in [4.78, 5) is 42.7. The molecule has 8 nitrogen and oxygen atoms in total. The Morgan fingerprint density at radius 2 is 1.89 bits per heavy atom. The minimum Gasteiger partial charge on any atom is -0.351 e. The molecule has 1 N–H and O–H groups in total. The fourth-order valence-electron chi connectivity index (χ4n) is 5.25. The molecule has 3 aromatic rings. The zero-order valence-corrected chi connectivity index (χ0v) is 20.0. The van der Waals surface area contributed by atoms with Crippen molar-refractivity contribution >= 4 is 40.7 Å². The third kappa shape index (κ3) is 3.60. The van der Waals surface area contributed by atoms with Gasteiger partial charge in [0.25, 0.3) is 11.8 Å². The average Bonchev–Trinajstić information content (AvgIpc) is 3.33. The van der Waals surface area contributed by atoms with E-state index in [1.54, 1.807) is 29.2 Å². The van der Waals surface area contributed by atoms with Gasteiger partial charge in [-0.15, -0.1) is 0 Å². The topological polar surface area (TPSA) is 87.5 Å². The second kappa shape index (κ2) is 8.23. The number of carbonyl (C=O) groups excluding carboxylic acids is 3. The second-order valence-electron chi connectivity index (χ2n) is 9.18. The van der Waals surface area contributed by atoms with Gasteiger partial charge in [0.2, 0.25) is 5.91 Å². The Balaban J connectivity index is 1.41. The van der Waals surface area contributed by atoms with Crippen LogP contribution in [0.4, 0.5) is 11.4 Å². The number of aromatic nitrogens is 2. The van der Waals surface area contributed by atoms with E-state index in [-0.39, 0.29) is 29.5 Å². The van der Waals surface area contributed by atoms with E-state index in [9.17, 15) is 14.4 Å². The molecule has 1 saturated heterocycles. The molecule has 35 heavy (non-hydrogen) atoms. The molecular formula is C26H24ClN5O3. The van der Waals surface area contributed by atoms with Crippen molar-refractivity contribution < 1.29 is 14.4 Å². The first kappa shape index (κ1) is 21.9. The Bertz CT molecular complexity index is 1380. The third-order valence-corrected chi connectivity index (χ3v) is 7.20. The van der Waals surface area contributed by atoms with E-state index in [2.05, 4.69) is 10.4 Å². The van der Waals surface area contributed by atoms with E-state index in [1.165, 1.54) is 4.68 Å². The molecule has 0 radical (unpaired) electrons. The van der Waals surface area contributed by atoms with E-state index in [0.717, 1.165) is 12.1 Å². The van der Waals surface area contributed by atoms with Crippen molar-refractivity contribution in [3.8, 4) is 5.69 Å². The van der Waals surface area contributed by atoms with Crippen LogP contribution in [-0.4, -0.2) is 46.6 Å². The smallest absolute Gasteiger partial charge is 0.277 e. The monoisotopic (exact) mass is 489 g/mol. The van der Waals surface area contributed by atoms with Gasteiger partial charge < -0.3 is 15.1 Å². The van der Waals surface area contributed by atoms with Gasteiger partial charge in [-0.3, -0.25) is 14.4 Å². The highest BCUT2D eigenvalue weighted by atomic mass is 35.5. The first-order chi connectivity index (χ1) is 17.0. The molecule has 1 aromatic heterocycles. The molecule has 1 aliphatic carbocycles. The Morgan fingerprint density at radius 3 is 2.63 bits per heavy atom. The number of piperidine rings is 1. The van der Waals surface area contributed by atoms with Crippen LogP contribution in [0.3, 0.4) is 0 Å². The lowest BCUT2D eigenvalue weighted by Gasteiger charge is -2.29. The summed E-state index contributed by atoms with van der Waals surface area (Å²) in [5, 5.41) is 7.85. The van der Waals surface area contributed by atoms with Crippen molar-refractivity contribution in [2.75, 3.05) is 22.9 Å². The maximum Gasteiger partial charge on any atom is 0.277 e. The van der Waals surface area contributed by atoms with Gasteiger partial charge in [0, 0.05) is 47.5 Å². The van der Waals surface area contributed by atoms with Gasteiger partial charge in [-0.2, -0.15) is 5.10 Å². The molecule has 2 fully saturated rings. The Hall–Kier alpha value is -3.65. The summed E-state index contributed by atoms with van der Waals surface area (Å²) in [7, 11) is 0. The lowest BCUT2D eigenvalue weighted by atomic mass is 10.0. The van der Waals surface area contributed by atoms with E-state index in [1.807, 2.05) is 36.1 Å². The Morgan fingerprint density at radius 1 is 1.11 bits per heavy atom. The maximum atomic E-state index is 13.9. The molecule has 9 heteroatoms. The summed E-state index contributed by atoms with van der Waals surface area (Å²) in [6.45, 7) is 2.71. The Labute approximate surface area is 207 Å². The minimum absolute atomic E-state index is 0.140. The molecule has 2 aliphatic heterocycles. The van der Waals surface area contributed by atoms with Crippen LogP contribution >= 0.6 is 11.6 Å². The summed E-state index contributed by atoms with van der Waals surface area (Å²) in [5.41, 5.74) is 3.38. The van der Waals surface area contributed by atoms with Gasteiger partial charge in [0.15, 0.2) is 5.69 Å². The quantitative estimate of drug-likeness (QED) is 0.593. The third-order valence-electron chi connectivity index (χ3n) is 6.96. The normalized spacial score (nSPS) is 20.6. The fourth-order valence-corrected chi connectivity index (χ4v) is 5.43. The molecule has 2 unspecified atom stereocenters. The number of fused-ring (bicyclic) bond motifs is 2. The lowest BCUT2D eigenvalue weighted by molar-refractivity contribution is -0.117. The zero-order valence-electron chi connectivity index (χ0n) is 19.2. The predicted molar refractivity (Wildman–Crippen MR) is 132 cm³/mol. The molecule has 3 aliphatic rings. The second-order valence-corrected chi connectivity index (χ2v) is 9.62. The van der Waals surface area contributed by atoms with Gasteiger partial charge in [-0.25, -0.2) is 4.68 Å². The van der Waals surface area contributed by atoms with Crippen LogP contribution in [0.2, 0.25) is 5.02 Å². The van der Waals surface area contributed by atoms with Crippen LogP contribution in [0.5, 0.6) is 0 Å². The minimum atomic E-state index is -0.306. The van der Waals surface area contributed by atoms with Gasteiger partial charge in [0.05, 0.1) is 5.69 Å². The molecule has 3 amide bonds. The summed E-state index contributed by atoms with van der Waals surface area (Å²) in [6, 6.07) is 14.9.